The molecule has 67 heavy (non-hydrogen) atoms. The number of allylic oxidation sites excluding steroid dienone is 11. The molecule has 1 amide bonds. The fourth-order valence-electron chi connectivity index (χ4n) is 7.86. The highest BCUT2D eigenvalue weighted by Crippen LogP contribution is 2.30. The average molecular weight is 950 g/mol. The van der Waals surface area contributed by atoms with Gasteiger partial charge in [-0.2, -0.15) is 0 Å². The number of amides is 1. The Morgan fingerprint density at radius 1 is 0.537 bits per heavy atom. The number of hydrogen-bond donors (Lipinski definition) is 9. The van der Waals surface area contributed by atoms with Crippen LogP contribution in [-0.4, -0.2) is 140 Å². The van der Waals surface area contributed by atoms with Gasteiger partial charge in [0.15, 0.2) is 12.6 Å². The van der Waals surface area contributed by atoms with Crippen molar-refractivity contribution in [2.24, 2.45) is 0 Å². The first-order chi connectivity index (χ1) is 32.6. The second kappa shape index (κ2) is 39.2. The fraction of sp³-hybridized carbons (Fsp3) is 0.755. The first kappa shape index (κ1) is 60.6. The van der Waals surface area contributed by atoms with Crippen molar-refractivity contribution in [1.82, 2.24) is 5.32 Å². The van der Waals surface area contributed by atoms with Gasteiger partial charge >= 0.3 is 0 Å². The van der Waals surface area contributed by atoms with E-state index in [1.807, 2.05) is 6.08 Å². The third-order valence-electron chi connectivity index (χ3n) is 12.1. The molecule has 14 nitrogen and oxygen atoms in total. The second-order valence-corrected chi connectivity index (χ2v) is 17.9. The monoisotopic (exact) mass is 950 g/mol. The summed E-state index contributed by atoms with van der Waals surface area (Å²) in [5, 5.41) is 86.7. The van der Waals surface area contributed by atoms with E-state index in [4.69, 9.17) is 18.9 Å². The lowest BCUT2D eigenvalue weighted by molar-refractivity contribution is -0.359. The molecule has 0 aromatic carbocycles. The van der Waals surface area contributed by atoms with Gasteiger partial charge in [-0.25, -0.2) is 0 Å². The molecule has 386 valence electrons. The van der Waals surface area contributed by atoms with E-state index >= 15 is 0 Å². The molecular formula is C53H91NO13. The number of aliphatic hydroxyl groups is 8. The van der Waals surface area contributed by atoms with Crippen LogP contribution in [-0.2, 0) is 23.7 Å². The zero-order valence-electron chi connectivity index (χ0n) is 40.9. The Hall–Kier alpha value is -2.57. The molecule has 0 radical (unpaired) electrons. The van der Waals surface area contributed by atoms with Crippen molar-refractivity contribution in [2.45, 2.75) is 235 Å². The number of carbonyl (C=O) groups is 1. The van der Waals surface area contributed by atoms with Gasteiger partial charge in [0, 0.05) is 6.42 Å². The summed E-state index contributed by atoms with van der Waals surface area (Å²) in [5.74, 6) is -0.271. The Morgan fingerprint density at radius 2 is 1.00 bits per heavy atom. The van der Waals surface area contributed by atoms with E-state index < -0.39 is 86.8 Å². The molecule has 0 spiro atoms. The number of hydrogen-bond acceptors (Lipinski definition) is 13. The van der Waals surface area contributed by atoms with Crippen LogP contribution >= 0.6 is 0 Å². The second-order valence-electron chi connectivity index (χ2n) is 17.9. The highest BCUT2D eigenvalue weighted by atomic mass is 16.7. The predicted octanol–water partition coefficient (Wildman–Crippen LogP) is 6.82. The maximum Gasteiger partial charge on any atom is 0.220 e. The summed E-state index contributed by atoms with van der Waals surface area (Å²) >= 11 is 0. The quantitative estimate of drug-likeness (QED) is 0.0229. The van der Waals surface area contributed by atoms with Crippen LogP contribution in [0.3, 0.4) is 0 Å². The molecule has 12 unspecified atom stereocenters. The summed E-state index contributed by atoms with van der Waals surface area (Å²) in [6, 6.07) is -0.947. The molecule has 2 aliphatic heterocycles. The van der Waals surface area contributed by atoms with Crippen molar-refractivity contribution in [1.29, 1.82) is 0 Å². The van der Waals surface area contributed by atoms with Crippen LogP contribution in [0, 0.1) is 0 Å². The first-order valence-electron chi connectivity index (χ1n) is 25.7. The van der Waals surface area contributed by atoms with Crippen molar-refractivity contribution >= 4 is 5.91 Å². The Morgan fingerprint density at radius 3 is 1.60 bits per heavy atom. The summed E-state index contributed by atoms with van der Waals surface area (Å²) in [7, 11) is 0. The van der Waals surface area contributed by atoms with E-state index in [2.05, 4.69) is 79.9 Å². The molecule has 2 heterocycles. The molecule has 14 heteroatoms. The van der Waals surface area contributed by atoms with E-state index in [0.717, 1.165) is 77.0 Å². The van der Waals surface area contributed by atoms with Gasteiger partial charge in [0.1, 0.15) is 48.8 Å². The van der Waals surface area contributed by atoms with E-state index in [9.17, 15) is 45.6 Å². The largest absolute Gasteiger partial charge is 0.394 e. The van der Waals surface area contributed by atoms with E-state index in [-0.39, 0.29) is 18.9 Å². The molecule has 0 aromatic rings. The highest BCUT2D eigenvalue weighted by Gasteiger charge is 2.51. The number of aliphatic hydroxyl groups excluding tert-OH is 8. The predicted molar refractivity (Wildman–Crippen MR) is 263 cm³/mol. The lowest BCUT2D eigenvalue weighted by Crippen LogP contribution is -2.65. The number of nitrogens with one attached hydrogen (secondary N) is 1. The molecule has 12 atom stereocenters. The minimum atomic E-state index is -1.80. The lowest BCUT2D eigenvalue weighted by atomic mass is 9.97. The van der Waals surface area contributed by atoms with Gasteiger partial charge in [0.2, 0.25) is 5.91 Å². The third kappa shape index (κ3) is 26.3. The zero-order chi connectivity index (χ0) is 48.9. The van der Waals surface area contributed by atoms with Gasteiger partial charge in [-0.15, -0.1) is 0 Å². The van der Waals surface area contributed by atoms with E-state index in [0.29, 0.717) is 12.8 Å². The van der Waals surface area contributed by atoms with Crippen molar-refractivity contribution in [2.75, 3.05) is 19.8 Å². The van der Waals surface area contributed by atoms with Crippen molar-refractivity contribution in [3.8, 4) is 0 Å². The van der Waals surface area contributed by atoms with Crippen LogP contribution in [0.15, 0.2) is 72.9 Å². The topological polar surface area (TPSA) is 228 Å². The summed E-state index contributed by atoms with van der Waals surface area (Å²) in [6.45, 7) is 2.68. The summed E-state index contributed by atoms with van der Waals surface area (Å²) in [6.07, 6.45) is 32.2. The zero-order valence-corrected chi connectivity index (χ0v) is 40.9. The molecule has 2 rings (SSSR count). The Kier molecular flexibility index (Phi) is 35.4. The van der Waals surface area contributed by atoms with Gasteiger partial charge in [-0.05, 0) is 83.5 Å². The van der Waals surface area contributed by atoms with E-state index in [1.165, 1.54) is 51.4 Å². The molecule has 2 saturated heterocycles. The molecule has 9 N–H and O–H groups in total. The Labute approximate surface area is 402 Å². The van der Waals surface area contributed by atoms with Crippen LogP contribution in [0.5, 0.6) is 0 Å². The van der Waals surface area contributed by atoms with Crippen LogP contribution in [0.4, 0.5) is 0 Å². The lowest BCUT2D eigenvalue weighted by Gasteiger charge is -2.46. The molecule has 2 aliphatic rings. The molecule has 0 saturated carbocycles. The highest BCUT2D eigenvalue weighted by molar-refractivity contribution is 5.76. The van der Waals surface area contributed by atoms with Crippen molar-refractivity contribution in [3.63, 3.8) is 0 Å². The summed E-state index contributed by atoms with van der Waals surface area (Å²) in [4.78, 5) is 13.2. The maximum absolute atomic E-state index is 13.2. The third-order valence-corrected chi connectivity index (χ3v) is 12.1. The van der Waals surface area contributed by atoms with Gasteiger partial charge in [0.25, 0.3) is 0 Å². The Balaban J connectivity index is 1.87. The van der Waals surface area contributed by atoms with Gasteiger partial charge < -0.3 is 65.1 Å². The van der Waals surface area contributed by atoms with Crippen molar-refractivity contribution in [3.05, 3.63) is 72.9 Å². The van der Waals surface area contributed by atoms with Crippen LogP contribution in [0.2, 0.25) is 0 Å². The Bertz CT molecular complexity index is 1400. The van der Waals surface area contributed by atoms with Gasteiger partial charge in [-0.1, -0.05) is 145 Å². The average Bonchev–Trinajstić information content (AvgIpc) is 3.32. The minimum absolute atomic E-state index is 0.251. The summed E-state index contributed by atoms with van der Waals surface area (Å²) in [5.41, 5.74) is 0. The fourth-order valence-corrected chi connectivity index (χ4v) is 7.86. The molecular weight excluding hydrogens is 859 g/mol. The van der Waals surface area contributed by atoms with Crippen LogP contribution < -0.4 is 5.32 Å². The molecule has 0 bridgehead atoms. The van der Waals surface area contributed by atoms with Gasteiger partial charge in [-0.3, -0.25) is 4.79 Å². The number of unbranched alkanes of at least 4 members (excludes halogenated alkanes) is 15. The van der Waals surface area contributed by atoms with Gasteiger partial charge in [0.05, 0.1) is 32.0 Å². The maximum atomic E-state index is 13.2. The van der Waals surface area contributed by atoms with Crippen molar-refractivity contribution < 1.29 is 64.6 Å². The van der Waals surface area contributed by atoms with Crippen LogP contribution in [0.1, 0.15) is 162 Å². The number of ether oxygens (including phenoxy) is 4. The van der Waals surface area contributed by atoms with E-state index in [1.54, 1.807) is 6.08 Å². The molecule has 0 aromatic heterocycles. The normalized spacial score (nSPS) is 27.2. The number of rotatable bonds is 38. The minimum Gasteiger partial charge on any atom is -0.394 e. The molecule has 2 fully saturated rings. The SMILES string of the molecule is CCCCC/C=C\C/C=C\C/C=C\CCCCCCCCC(=O)NC(COC1OC(CO)C(OC2OC(CO)C(O)C(O)C2O)C(O)C1O)C(O)/C=C/CC/C=C/CC/C=C/CCCCCC. The standard InChI is InChI=1S/C53H91NO13/c1-3-5-7-9-11-13-15-17-19-20-21-22-23-25-27-29-31-33-35-37-45(58)54-41(42(57)36-34-32-30-28-26-24-18-16-14-12-10-8-6-4-2)40-64-52-50(63)48(61)51(44(39-56)66-52)67-53-49(62)47(60)46(59)43(38-55)65-53/h11,13-14,16-17,19,21-22,26,28,34,36,41-44,46-53,55-57,59-63H,3-10,12,15,18,20,23-25,27,29-33,35,37-40H2,1-2H3,(H,54,58)/b13-11-,16-14+,19-17-,22-21-,28-26+,36-34+. The molecule has 0 aliphatic carbocycles. The first-order valence-corrected chi connectivity index (χ1v) is 25.7. The number of carbonyl (C=O) groups excluding carboxylic acids is 1. The smallest absolute Gasteiger partial charge is 0.220 e. The summed E-state index contributed by atoms with van der Waals surface area (Å²) < 4.78 is 22.7. The van der Waals surface area contributed by atoms with Crippen LogP contribution in [0.25, 0.3) is 0 Å².